The van der Waals surface area contributed by atoms with Gasteiger partial charge in [0.25, 0.3) is 10.2 Å². The van der Waals surface area contributed by atoms with Crippen molar-refractivity contribution in [2.75, 3.05) is 22.4 Å². The molecule has 1 amide bonds. The van der Waals surface area contributed by atoms with Crippen molar-refractivity contribution in [1.29, 1.82) is 0 Å². The molecule has 0 fully saturated rings. The number of benzene rings is 3. The Morgan fingerprint density at radius 2 is 1.80 bits per heavy atom. The van der Waals surface area contributed by atoms with Gasteiger partial charge >= 0.3 is 0 Å². The number of hydrogen-bond acceptors (Lipinski definition) is 8. The summed E-state index contributed by atoms with van der Waals surface area (Å²) in [6.45, 7) is 6.30. The second-order valence-corrected chi connectivity index (χ2v) is 10.9. The van der Waals surface area contributed by atoms with Crippen LogP contribution in [0, 0.1) is 0 Å². The van der Waals surface area contributed by atoms with Crippen molar-refractivity contribution in [3.8, 4) is 11.5 Å². The maximum atomic E-state index is 13.7. The summed E-state index contributed by atoms with van der Waals surface area (Å²) in [5.41, 5.74) is 8.33. The highest BCUT2D eigenvalue weighted by atomic mass is 32.2. The van der Waals surface area contributed by atoms with Crippen LogP contribution >= 0.6 is 0 Å². The smallest absolute Gasteiger partial charge is 0.296 e. The summed E-state index contributed by atoms with van der Waals surface area (Å²) in [7, 11) is -3.93. The molecular weight excluding hydrogens is 544 g/mol. The van der Waals surface area contributed by atoms with Gasteiger partial charge in [0, 0.05) is 23.8 Å². The first-order chi connectivity index (χ1) is 19.5. The first kappa shape index (κ1) is 29.4. The summed E-state index contributed by atoms with van der Waals surface area (Å²) in [4.78, 5) is 17.8. The molecule has 4 rings (SSSR count). The number of aromatic nitrogens is 1. The van der Waals surface area contributed by atoms with Gasteiger partial charge in [-0.3, -0.25) is 9.52 Å². The number of carbonyl (C=O) groups excluding carboxylic acids is 1. The number of fused-ring (bicyclic) bond motifs is 1. The van der Waals surface area contributed by atoms with Crippen molar-refractivity contribution >= 4 is 44.1 Å². The Morgan fingerprint density at radius 1 is 1.00 bits per heavy atom. The Balaban J connectivity index is 1.64. The summed E-state index contributed by atoms with van der Waals surface area (Å²) in [5.74, 6) is 1.21. The predicted molar refractivity (Wildman–Crippen MR) is 161 cm³/mol. The zero-order chi connectivity index (χ0) is 29.6. The lowest BCUT2D eigenvalue weighted by molar-refractivity contribution is -0.122. The van der Waals surface area contributed by atoms with Crippen LogP contribution in [0.25, 0.3) is 10.8 Å². The Hall–Kier alpha value is -4.55. The Kier molecular flexibility index (Phi) is 9.15. The van der Waals surface area contributed by atoms with Gasteiger partial charge in [0.15, 0.2) is 11.5 Å². The third-order valence-corrected chi connectivity index (χ3v) is 6.51. The van der Waals surface area contributed by atoms with Gasteiger partial charge in [-0.05, 0) is 85.8 Å². The van der Waals surface area contributed by atoms with Gasteiger partial charge in [-0.2, -0.15) is 8.42 Å². The van der Waals surface area contributed by atoms with Crippen molar-refractivity contribution in [3.63, 3.8) is 0 Å². The van der Waals surface area contributed by atoms with Gasteiger partial charge in [-0.25, -0.2) is 10.1 Å². The predicted octanol–water partition coefficient (Wildman–Crippen LogP) is 4.09. The van der Waals surface area contributed by atoms with Gasteiger partial charge in [-0.15, -0.1) is 0 Å². The number of carbonyl (C=O) groups is 1. The van der Waals surface area contributed by atoms with Crippen molar-refractivity contribution in [1.82, 2.24) is 10.3 Å². The molecule has 11 nitrogen and oxygen atoms in total. The molecule has 1 atom stereocenters. The van der Waals surface area contributed by atoms with Crippen LogP contribution in [0.1, 0.15) is 37.9 Å². The van der Waals surface area contributed by atoms with Crippen LogP contribution in [-0.4, -0.2) is 32.0 Å². The summed E-state index contributed by atoms with van der Waals surface area (Å²) in [5, 5.41) is 13.0. The number of amides is 1. The van der Waals surface area contributed by atoms with E-state index in [0.717, 1.165) is 10.8 Å². The molecule has 12 heteroatoms. The third kappa shape index (κ3) is 7.99. The molecule has 4 aromatic rings. The van der Waals surface area contributed by atoms with E-state index in [0.29, 0.717) is 46.4 Å². The molecule has 0 aliphatic heterocycles. The van der Waals surface area contributed by atoms with Crippen molar-refractivity contribution in [2.24, 2.45) is 5.14 Å². The van der Waals surface area contributed by atoms with Gasteiger partial charge in [-0.1, -0.05) is 18.2 Å². The number of ether oxygens (including phenoxy) is 2. The molecule has 0 bridgehead atoms. The van der Waals surface area contributed by atoms with Crippen LogP contribution < -0.4 is 35.7 Å². The molecule has 0 saturated carbocycles. The van der Waals surface area contributed by atoms with Crippen LogP contribution in [0.2, 0.25) is 0 Å². The zero-order valence-electron chi connectivity index (χ0n) is 23.0. The Morgan fingerprint density at radius 3 is 2.54 bits per heavy atom. The topological polar surface area (TPSA) is 171 Å². The molecule has 1 aromatic heterocycles. The number of anilines is 3. The van der Waals surface area contributed by atoms with Gasteiger partial charge in [0.05, 0.1) is 18.4 Å². The number of nitrogens with two attached hydrogens (primary N) is 2. The van der Waals surface area contributed by atoms with E-state index in [-0.39, 0.29) is 18.6 Å². The van der Waals surface area contributed by atoms with Crippen molar-refractivity contribution < 1.29 is 22.7 Å². The van der Waals surface area contributed by atoms with E-state index >= 15 is 0 Å². The SMILES string of the molecule is CCOc1cc([C@@H](Nc2ccc3c(N)nccc3c2)C(=O)NCc2cccc(NS(N)(=O)=O)c2)ccc1OC(C)C. The molecule has 0 aliphatic rings. The highest BCUT2D eigenvalue weighted by Gasteiger charge is 2.23. The van der Waals surface area contributed by atoms with E-state index in [4.69, 9.17) is 20.3 Å². The summed E-state index contributed by atoms with van der Waals surface area (Å²) >= 11 is 0. The maximum absolute atomic E-state index is 13.7. The van der Waals surface area contributed by atoms with E-state index in [1.807, 2.05) is 51.1 Å². The molecule has 41 heavy (non-hydrogen) atoms. The molecular formula is C29H34N6O5S. The first-order valence-corrected chi connectivity index (χ1v) is 14.6. The van der Waals surface area contributed by atoms with Gasteiger partial charge in [0.2, 0.25) is 5.91 Å². The van der Waals surface area contributed by atoms with Crippen LogP contribution in [-0.2, 0) is 21.5 Å². The molecule has 0 radical (unpaired) electrons. The largest absolute Gasteiger partial charge is 0.490 e. The van der Waals surface area contributed by atoms with E-state index in [2.05, 4.69) is 20.3 Å². The standard InChI is InChI=1S/C29H34N6O5S/c1-4-39-26-16-21(8-11-25(26)40-18(2)3)27(34-22-9-10-24-20(15-22)12-13-32-28(24)30)29(36)33-17-19-6-5-7-23(14-19)35-41(31,37)38/h5-16,18,27,34-35H,4,17H2,1-3H3,(H2,30,32)(H,33,36)(H2,31,37,38)/t27-/m1/s1. The number of nitrogen functional groups attached to an aromatic ring is 1. The summed E-state index contributed by atoms with van der Waals surface area (Å²) in [6, 6.07) is 18.6. The fourth-order valence-corrected chi connectivity index (χ4v) is 4.74. The number of rotatable bonds is 12. The monoisotopic (exact) mass is 578 g/mol. The molecule has 0 aliphatic carbocycles. The molecule has 7 N–H and O–H groups in total. The average Bonchev–Trinajstić information content (AvgIpc) is 2.91. The Bertz CT molecular complexity index is 1640. The number of pyridine rings is 1. The van der Waals surface area contributed by atoms with Gasteiger partial charge < -0.3 is 25.8 Å². The Labute approximate surface area is 239 Å². The molecule has 0 spiro atoms. The van der Waals surface area contributed by atoms with Crippen molar-refractivity contribution in [3.05, 3.63) is 84.1 Å². The minimum Gasteiger partial charge on any atom is -0.490 e. The quantitative estimate of drug-likeness (QED) is 0.167. The fourth-order valence-electron chi connectivity index (χ4n) is 4.28. The first-order valence-electron chi connectivity index (χ1n) is 13.0. The van der Waals surface area contributed by atoms with Crippen LogP contribution in [0.4, 0.5) is 17.2 Å². The average molecular weight is 579 g/mol. The highest BCUT2D eigenvalue weighted by molar-refractivity contribution is 7.90. The van der Waals surface area contributed by atoms with E-state index in [9.17, 15) is 13.2 Å². The van der Waals surface area contributed by atoms with Crippen LogP contribution in [0.3, 0.4) is 0 Å². The number of hydrogen-bond donors (Lipinski definition) is 5. The molecule has 0 saturated heterocycles. The second kappa shape index (κ2) is 12.7. The molecule has 3 aromatic carbocycles. The lowest BCUT2D eigenvalue weighted by atomic mass is 10.0. The maximum Gasteiger partial charge on any atom is 0.296 e. The minimum atomic E-state index is -3.93. The molecule has 1 heterocycles. The van der Waals surface area contributed by atoms with Gasteiger partial charge in [0.1, 0.15) is 11.9 Å². The van der Waals surface area contributed by atoms with E-state index < -0.39 is 16.3 Å². The second-order valence-electron chi connectivity index (χ2n) is 9.58. The van der Waals surface area contributed by atoms with E-state index in [1.165, 1.54) is 0 Å². The van der Waals surface area contributed by atoms with E-state index in [1.54, 1.807) is 42.6 Å². The number of nitrogens with zero attached hydrogens (tertiary/aromatic N) is 1. The van der Waals surface area contributed by atoms with Crippen LogP contribution in [0.15, 0.2) is 72.9 Å². The summed E-state index contributed by atoms with van der Waals surface area (Å²) in [6.07, 6.45) is 1.57. The lowest BCUT2D eigenvalue weighted by Gasteiger charge is -2.22. The molecule has 0 unspecified atom stereocenters. The lowest BCUT2D eigenvalue weighted by Crippen LogP contribution is -2.33. The molecule has 216 valence electrons. The highest BCUT2D eigenvalue weighted by Crippen LogP contribution is 2.33. The normalized spacial score (nSPS) is 12.1. The number of nitrogens with one attached hydrogen (secondary N) is 3. The minimum absolute atomic E-state index is 0.0590. The van der Waals surface area contributed by atoms with Crippen molar-refractivity contribution in [2.45, 2.75) is 39.5 Å². The van der Waals surface area contributed by atoms with Crippen LogP contribution in [0.5, 0.6) is 11.5 Å². The fraction of sp³-hybridized carbons (Fsp3) is 0.241. The zero-order valence-corrected chi connectivity index (χ0v) is 23.9. The summed E-state index contributed by atoms with van der Waals surface area (Å²) < 4.78 is 36.8. The third-order valence-electron chi connectivity index (χ3n) is 5.99.